The van der Waals surface area contributed by atoms with Gasteiger partial charge < -0.3 is 29.0 Å². The second-order valence-corrected chi connectivity index (χ2v) is 11.9. The van der Waals surface area contributed by atoms with Crippen LogP contribution in [0.15, 0.2) is 36.4 Å². The third-order valence-electron chi connectivity index (χ3n) is 8.56. The highest BCUT2D eigenvalue weighted by atomic mass is 35.5. The highest BCUT2D eigenvalue weighted by Gasteiger charge is 2.43. The van der Waals surface area contributed by atoms with E-state index in [2.05, 4.69) is 11.0 Å². The summed E-state index contributed by atoms with van der Waals surface area (Å²) in [5.74, 6) is -0.557. The van der Waals surface area contributed by atoms with Gasteiger partial charge in [-0.1, -0.05) is 23.7 Å². The number of benzene rings is 2. The molecule has 3 aliphatic heterocycles. The van der Waals surface area contributed by atoms with Crippen LogP contribution in [0.2, 0.25) is 5.02 Å². The zero-order valence-corrected chi connectivity index (χ0v) is 24.4. The van der Waals surface area contributed by atoms with Gasteiger partial charge in [-0.3, -0.25) is 9.69 Å². The number of aromatic nitrogens is 2. The zero-order chi connectivity index (χ0) is 29.6. The standard InChI is InChI=1S/C31H35ClFN3O6/c1-18-29(25(37)15-28(38)39)36(16-21-10-13-40-21)27(34-18)17-35-11-8-19(9-12-35)22-4-3-5-26-30(22)42-31(2,41-26)23-7-6-20(32)14-24(23)33/h3-7,14,19,21,25,37H,8-13,15-17H2,1-2H3,(H,38,39). The molecule has 9 nitrogen and oxygen atoms in total. The molecule has 3 aromatic rings. The van der Waals surface area contributed by atoms with Crippen LogP contribution in [0.3, 0.4) is 0 Å². The summed E-state index contributed by atoms with van der Waals surface area (Å²) >= 11 is 5.96. The molecule has 2 saturated heterocycles. The molecule has 0 bridgehead atoms. The van der Waals surface area contributed by atoms with Crippen LogP contribution in [0.5, 0.6) is 11.5 Å². The molecule has 3 aliphatic rings. The summed E-state index contributed by atoms with van der Waals surface area (Å²) in [5.41, 5.74) is 2.53. The fourth-order valence-electron chi connectivity index (χ4n) is 6.32. The molecule has 2 fully saturated rings. The van der Waals surface area contributed by atoms with Crippen LogP contribution in [-0.2, 0) is 28.4 Å². The molecular weight excluding hydrogens is 565 g/mol. The average Bonchev–Trinajstić information content (AvgIpc) is 3.41. The molecule has 6 rings (SSSR count). The fourth-order valence-corrected chi connectivity index (χ4v) is 6.48. The Balaban J connectivity index is 1.16. The number of nitrogens with zero attached hydrogens (tertiary/aromatic N) is 3. The normalized spacial score (nSPS) is 23.1. The van der Waals surface area contributed by atoms with Gasteiger partial charge >= 0.3 is 5.97 Å². The lowest BCUT2D eigenvalue weighted by Gasteiger charge is -2.33. The largest absolute Gasteiger partial charge is 0.481 e. The Kier molecular flexibility index (Phi) is 7.91. The van der Waals surface area contributed by atoms with Crippen molar-refractivity contribution < 1.29 is 33.6 Å². The van der Waals surface area contributed by atoms with E-state index in [1.54, 1.807) is 19.1 Å². The quantitative estimate of drug-likeness (QED) is 0.341. The van der Waals surface area contributed by atoms with Crippen molar-refractivity contribution in [3.63, 3.8) is 0 Å². The van der Waals surface area contributed by atoms with Gasteiger partial charge in [0.1, 0.15) is 17.7 Å². The predicted molar refractivity (Wildman–Crippen MR) is 152 cm³/mol. The van der Waals surface area contributed by atoms with Gasteiger partial charge in [-0.15, -0.1) is 0 Å². The van der Waals surface area contributed by atoms with Gasteiger partial charge in [0, 0.05) is 24.1 Å². The highest BCUT2D eigenvalue weighted by molar-refractivity contribution is 6.30. The molecule has 0 saturated carbocycles. The summed E-state index contributed by atoms with van der Waals surface area (Å²) in [6, 6.07) is 10.3. The van der Waals surface area contributed by atoms with Crippen LogP contribution >= 0.6 is 11.6 Å². The van der Waals surface area contributed by atoms with Gasteiger partial charge in [0.2, 0.25) is 0 Å². The van der Waals surface area contributed by atoms with Gasteiger partial charge in [0.25, 0.3) is 5.79 Å². The number of para-hydroxylation sites is 1. The first-order valence-corrected chi connectivity index (χ1v) is 14.7. The lowest BCUT2D eigenvalue weighted by atomic mass is 9.88. The Morgan fingerprint density at radius 1 is 1.21 bits per heavy atom. The number of hydrogen-bond donors (Lipinski definition) is 2. The average molecular weight is 600 g/mol. The molecule has 42 heavy (non-hydrogen) atoms. The fraction of sp³-hybridized carbons (Fsp3) is 0.484. The minimum absolute atomic E-state index is 0.0355. The van der Waals surface area contributed by atoms with E-state index < -0.39 is 23.7 Å². The number of piperidine rings is 1. The first kappa shape index (κ1) is 28.9. The van der Waals surface area contributed by atoms with E-state index in [-0.39, 0.29) is 24.0 Å². The molecule has 1 aromatic heterocycles. The summed E-state index contributed by atoms with van der Waals surface area (Å²) in [5, 5.41) is 20.3. The van der Waals surface area contributed by atoms with E-state index in [4.69, 9.17) is 30.8 Å². The van der Waals surface area contributed by atoms with Crippen LogP contribution in [-0.4, -0.2) is 56.4 Å². The third-order valence-corrected chi connectivity index (χ3v) is 8.79. The molecule has 0 amide bonds. The SMILES string of the molecule is Cc1nc(CN2CCC(c3cccc4c3OC(C)(c3ccc(Cl)cc3F)O4)CC2)n(CC2CCO2)c1C(O)CC(=O)O. The minimum Gasteiger partial charge on any atom is -0.481 e. The van der Waals surface area contributed by atoms with E-state index in [1.807, 2.05) is 23.6 Å². The van der Waals surface area contributed by atoms with E-state index in [1.165, 1.54) is 6.07 Å². The third kappa shape index (κ3) is 5.60. The topological polar surface area (TPSA) is 106 Å². The van der Waals surface area contributed by atoms with Crippen LogP contribution in [0, 0.1) is 12.7 Å². The summed E-state index contributed by atoms with van der Waals surface area (Å²) in [6.45, 7) is 7.00. The lowest BCUT2D eigenvalue weighted by molar-refractivity contribution is -0.139. The van der Waals surface area contributed by atoms with Crippen LogP contribution in [0.25, 0.3) is 0 Å². The molecule has 3 unspecified atom stereocenters. The Labute approximate surface area is 248 Å². The van der Waals surface area contributed by atoms with Gasteiger partial charge in [-0.25, -0.2) is 9.37 Å². The molecule has 0 aliphatic carbocycles. The molecule has 224 valence electrons. The van der Waals surface area contributed by atoms with Crippen molar-refractivity contribution in [2.75, 3.05) is 19.7 Å². The minimum atomic E-state index is -1.30. The van der Waals surface area contributed by atoms with Gasteiger partial charge in [0.05, 0.1) is 42.6 Å². The summed E-state index contributed by atoms with van der Waals surface area (Å²) in [6.07, 6.45) is 1.21. The number of carbonyl (C=O) groups is 1. The van der Waals surface area contributed by atoms with Gasteiger partial charge in [-0.05, 0) is 69.5 Å². The highest BCUT2D eigenvalue weighted by Crippen LogP contribution is 2.50. The number of halogens is 2. The monoisotopic (exact) mass is 599 g/mol. The van der Waals surface area contributed by atoms with Crippen molar-refractivity contribution >= 4 is 17.6 Å². The Morgan fingerprint density at radius 2 is 1.98 bits per heavy atom. The maximum Gasteiger partial charge on any atom is 0.306 e. The predicted octanol–water partition coefficient (Wildman–Crippen LogP) is 5.30. The number of aliphatic carboxylic acids is 1. The number of hydrogen-bond acceptors (Lipinski definition) is 7. The number of ether oxygens (including phenoxy) is 3. The number of rotatable bonds is 9. The number of aliphatic hydroxyl groups excluding tert-OH is 1. The number of carboxylic acids is 1. The molecule has 11 heteroatoms. The number of fused-ring (bicyclic) bond motifs is 1. The molecular formula is C31H35ClFN3O6. The van der Waals surface area contributed by atoms with Crippen molar-refractivity contribution in [2.24, 2.45) is 0 Å². The van der Waals surface area contributed by atoms with E-state index in [9.17, 15) is 19.4 Å². The van der Waals surface area contributed by atoms with Gasteiger partial charge in [0.15, 0.2) is 11.5 Å². The van der Waals surface area contributed by atoms with Gasteiger partial charge in [-0.2, -0.15) is 0 Å². The number of likely N-dealkylation sites (tertiary alicyclic amines) is 1. The molecule has 4 heterocycles. The maximum absolute atomic E-state index is 14.8. The lowest BCUT2D eigenvalue weighted by Crippen LogP contribution is -2.36. The molecule has 0 radical (unpaired) electrons. The number of aryl methyl sites for hydroxylation is 1. The summed E-state index contributed by atoms with van der Waals surface area (Å²) < 4.78 is 34.9. The number of imidazole rings is 1. The van der Waals surface area contributed by atoms with Crippen molar-refractivity contribution in [1.29, 1.82) is 0 Å². The van der Waals surface area contributed by atoms with E-state index in [0.717, 1.165) is 43.7 Å². The first-order chi connectivity index (χ1) is 20.1. The van der Waals surface area contributed by atoms with Crippen LogP contribution in [0.4, 0.5) is 4.39 Å². The van der Waals surface area contributed by atoms with E-state index >= 15 is 0 Å². The Morgan fingerprint density at radius 3 is 2.64 bits per heavy atom. The first-order valence-electron chi connectivity index (χ1n) is 14.4. The maximum atomic E-state index is 14.8. The molecule has 3 atom stereocenters. The summed E-state index contributed by atoms with van der Waals surface area (Å²) in [4.78, 5) is 18.4. The second kappa shape index (κ2) is 11.5. The number of carboxylic acid groups (broad SMARTS) is 1. The zero-order valence-electron chi connectivity index (χ0n) is 23.7. The van der Waals surface area contributed by atoms with Crippen LogP contribution in [0.1, 0.15) is 73.0 Å². The smallest absolute Gasteiger partial charge is 0.306 e. The van der Waals surface area contributed by atoms with E-state index in [0.29, 0.717) is 47.6 Å². The van der Waals surface area contributed by atoms with Crippen molar-refractivity contribution in [3.8, 4) is 11.5 Å². The van der Waals surface area contributed by atoms with Crippen molar-refractivity contribution in [3.05, 3.63) is 75.6 Å². The summed E-state index contributed by atoms with van der Waals surface area (Å²) in [7, 11) is 0. The second-order valence-electron chi connectivity index (χ2n) is 11.5. The van der Waals surface area contributed by atoms with Crippen LogP contribution < -0.4 is 9.47 Å². The molecule has 2 aromatic carbocycles. The van der Waals surface area contributed by atoms with Crippen molar-refractivity contribution in [2.45, 2.75) is 76.5 Å². The Hall–Kier alpha value is -3.18. The Bertz CT molecular complexity index is 1490. The van der Waals surface area contributed by atoms with Crippen molar-refractivity contribution in [1.82, 2.24) is 14.5 Å². The molecule has 2 N–H and O–H groups in total. The number of aliphatic hydroxyl groups is 1. The molecule has 0 spiro atoms.